The molecule has 23 heavy (non-hydrogen) atoms. The Labute approximate surface area is 132 Å². The molecule has 1 unspecified atom stereocenters. The number of nitrogens with one attached hydrogen (secondary N) is 1. The SMILES string of the molecule is O=C(NC(CCO)c1ccc(F)cc1F)OCc1ccccc1. The van der Waals surface area contributed by atoms with E-state index >= 15 is 0 Å². The lowest BCUT2D eigenvalue weighted by molar-refractivity contribution is 0.133. The third-order valence-electron chi connectivity index (χ3n) is 3.26. The van der Waals surface area contributed by atoms with E-state index in [1.807, 2.05) is 18.2 Å². The van der Waals surface area contributed by atoms with E-state index < -0.39 is 23.8 Å². The van der Waals surface area contributed by atoms with Gasteiger partial charge in [-0.25, -0.2) is 13.6 Å². The zero-order valence-corrected chi connectivity index (χ0v) is 12.3. The van der Waals surface area contributed by atoms with Crippen molar-refractivity contribution in [3.63, 3.8) is 0 Å². The van der Waals surface area contributed by atoms with Crippen molar-refractivity contribution >= 4 is 6.09 Å². The van der Waals surface area contributed by atoms with Gasteiger partial charge in [-0.15, -0.1) is 0 Å². The van der Waals surface area contributed by atoms with E-state index in [0.717, 1.165) is 17.7 Å². The van der Waals surface area contributed by atoms with Crippen molar-refractivity contribution in [2.24, 2.45) is 0 Å². The van der Waals surface area contributed by atoms with Crippen molar-refractivity contribution in [3.8, 4) is 0 Å². The molecule has 0 fully saturated rings. The van der Waals surface area contributed by atoms with Crippen LogP contribution in [0.5, 0.6) is 0 Å². The topological polar surface area (TPSA) is 58.6 Å². The molecule has 0 radical (unpaired) electrons. The van der Waals surface area contributed by atoms with Crippen molar-refractivity contribution in [2.75, 3.05) is 6.61 Å². The number of benzene rings is 2. The van der Waals surface area contributed by atoms with Gasteiger partial charge in [0.25, 0.3) is 0 Å². The normalized spacial score (nSPS) is 11.8. The van der Waals surface area contributed by atoms with Gasteiger partial charge in [0.1, 0.15) is 18.2 Å². The Balaban J connectivity index is 1.99. The highest BCUT2D eigenvalue weighted by molar-refractivity contribution is 5.68. The van der Waals surface area contributed by atoms with Gasteiger partial charge in [-0.3, -0.25) is 0 Å². The fraction of sp³-hybridized carbons (Fsp3) is 0.235. The first-order valence-electron chi connectivity index (χ1n) is 7.13. The molecule has 0 saturated heterocycles. The number of carbonyl (C=O) groups is 1. The van der Waals surface area contributed by atoms with Gasteiger partial charge in [-0.2, -0.15) is 0 Å². The number of rotatable bonds is 6. The number of halogens is 2. The van der Waals surface area contributed by atoms with Gasteiger partial charge >= 0.3 is 6.09 Å². The lowest BCUT2D eigenvalue weighted by atomic mass is 10.0. The number of aliphatic hydroxyl groups excluding tert-OH is 1. The molecule has 4 nitrogen and oxygen atoms in total. The van der Waals surface area contributed by atoms with E-state index in [1.54, 1.807) is 12.1 Å². The Hall–Kier alpha value is -2.47. The van der Waals surface area contributed by atoms with Crippen molar-refractivity contribution in [3.05, 3.63) is 71.3 Å². The molecule has 0 aliphatic rings. The molecule has 0 saturated carbocycles. The van der Waals surface area contributed by atoms with E-state index in [1.165, 1.54) is 6.07 Å². The molecule has 1 amide bonds. The largest absolute Gasteiger partial charge is 0.445 e. The third-order valence-corrected chi connectivity index (χ3v) is 3.26. The quantitative estimate of drug-likeness (QED) is 0.858. The first-order valence-corrected chi connectivity index (χ1v) is 7.13. The highest BCUT2D eigenvalue weighted by Crippen LogP contribution is 2.21. The van der Waals surface area contributed by atoms with E-state index in [-0.39, 0.29) is 25.2 Å². The average molecular weight is 321 g/mol. The minimum Gasteiger partial charge on any atom is -0.445 e. The summed E-state index contributed by atoms with van der Waals surface area (Å²) in [6, 6.07) is 11.4. The minimum atomic E-state index is -0.802. The first-order chi connectivity index (χ1) is 11.1. The van der Waals surface area contributed by atoms with Gasteiger partial charge in [0.2, 0.25) is 0 Å². The van der Waals surface area contributed by atoms with Gasteiger partial charge in [0, 0.05) is 18.2 Å². The summed E-state index contributed by atoms with van der Waals surface area (Å²) in [5.74, 6) is -1.49. The van der Waals surface area contributed by atoms with Crippen LogP contribution in [0.3, 0.4) is 0 Å². The van der Waals surface area contributed by atoms with Gasteiger partial charge < -0.3 is 15.2 Å². The van der Waals surface area contributed by atoms with Crippen LogP contribution < -0.4 is 5.32 Å². The van der Waals surface area contributed by atoms with Crippen LogP contribution in [0, 0.1) is 11.6 Å². The predicted molar refractivity (Wildman–Crippen MR) is 80.6 cm³/mol. The van der Waals surface area contributed by atoms with E-state index in [4.69, 9.17) is 9.84 Å². The summed E-state index contributed by atoms with van der Waals surface area (Å²) in [4.78, 5) is 11.8. The maximum absolute atomic E-state index is 13.8. The van der Waals surface area contributed by atoms with Crippen LogP contribution in [-0.4, -0.2) is 17.8 Å². The predicted octanol–water partition coefficient (Wildman–Crippen LogP) is 3.31. The fourth-order valence-corrected chi connectivity index (χ4v) is 2.13. The standard InChI is InChI=1S/C17H17F2NO3/c18-13-6-7-14(15(19)10-13)16(8-9-21)20-17(22)23-11-12-4-2-1-3-5-12/h1-7,10,16,21H,8-9,11H2,(H,20,22). The van der Waals surface area contributed by atoms with Gasteiger partial charge in [0.15, 0.2) is 0 Å². The molecule has 122 valence electrons. The first kappa shape index (κ1) is 16.9. The molecule has 1 atom stereocenters. The highest BCUT2D eigenvalue weighted by atomic mass is 19.1. The summed E-state index contributed by atoms with van der Waals surface area (Å²) in [5.41, 5.74) is 0.909. The van der Waals surface area contributed by atoms with Crippen LogP contribution in [0.25, 0.3) is 0 Å². The summed E-state index contributed by atoms with van der Waals surface area (Å²) >= 11 is 0. The molecule has 2 N–H and O–H groups in total. The Morgan fingerprint density at radius 3 is 2.57 bits per heavy atom. The maximum atomic E-state index is 13.8. The number of amides is 1. The van der Waals surface area contributed by atoms with Crippen LogP contribution >= 0.6 is 0 Å². The molecule has 0 spiro atoms. The highest BCUT2D eigenvalue weighted by Gasteiger charge is 2.19. The number of aliphatic hydroxyl groups is 1. The van der Waals surface area contributed by atoms with Crippen molar-refractivity contribution in [1.82, 2.24) is 5.32 Å². The Morgan fingerprint density at radius 2 is 1.91 bits per heavy atom. The molecule has 2 rings (SSSR count). The summed E-state index contributed by atoms with van der Waals surface area (Å²) in [6.45, 7) is -0.190. The molecule has 0 aliphatic carbocycles. The molecule has 6 heteroatoms. The third kappa shape index (κ3) is 5.03. The lowest BCUT2D eigenvalue weighted by Gasteiger charge is -2.18. The van der Waals surface area contributed by atoms with E-state index in [2.05, 4.69) is 5.32 Å². The van der Waals surface area contributed by atoms with E-state index in [0.29, 0.717) is 0 Å². The zero-order chi connectivity index (χ0) is 16.7. The average Bonchev–Trinajstić information content (AvgIpc) is 2.54. The Kier molecular flexibility index (Phi) is 6.05. The van der Waals surface area contributed by atoms with E-state index in [9.17, 15) is 13.6 Å². The summed E-state index contributed by atoms with van der Waals surface area (Å²) in [6.07, 6.45) is -0.653. The van der Waals surface area contributed by atoms with Gasteiger partial charge in [-0.1, -0.05) is 36.4 Å². The molecule has 0 aliphatic heterocycles. The summed E-state index contributed by atoms with van der Waals surface area (Å²) in [7, 11) is 0. The number of carbonyl (C=O) groups excluding carboxylic acids is 1. The Morgan fingerprint density at radius 1 is 1.17 bits per heavy atom. The summed E-state index contributed by atoms with van der Waals surface area (Å²) < 4.78 is 31.8. The minimum absolute atomic E-state index is 0.0738. The monoisotopic (exact) mass is 321 g/mol. The van der Waals surface area contributed by atoms with Crippen molar-refractivity contribution < 1.29 is 23.4 Å². The van der Waals surface area contributed by atoms with Crippen molar-refractivity contribution in [1.29, 1.82) is 0 Å². The second-order valence-corrected chi connectivity index (χ2v) is 4.94. The smallest absolute Gasteiger partial charge is 0.407 e. The molecule has 0 heterocycles. The van der Waals surface area contributed by atoms with Gasteiger partial charge in [0.05, 0.1) is 6.04 Å². The zero-order valence-electron chi connectivity index (χ0n) is 12.3. The van der Waals surface area contributed by atoms with Gasteiger partial charge in [-0.05, 0) is 18.1 Å². The van der Waals surface area contributed by atoms with Crippen LogP contribution in [-0.2, 0) is 11.3 Å². The number of hydrogen-bond acceptors (Lipinski definition) is 3. The van der Waals surface area contributed by atoms with Crippen LogP contribution in [0.4, 0.5) is 13.6 Å². The maximum Gasteiger partial charge on any atom is 0.407 e. The van der Waals surface area contributed by atoms with Crippen LogP contribution in [0.2, 0.25) is 0 Å². The fourth-order valence-electron chi connectivity index (χ4n) is 2.13. The molecule has 0 bridgehead atoms. The molecule has 2 aromatic rings. The number of hydrogen-bond donors (Lipinski definition) is 2. The lowest BCUT2D eigenvalue weighted by Crippen LogP contribution is -2.30. The summed E-state index contributed by atoms with van der Waals surface area (Å²) in [5, 5.41) is 11.6. The molecular weight excluding hydrogens is 304 g/mol. The van der Waals surface area contributed by atoms with Crippen molar-refractivity contribution in [2.45, 2.75) is 19.1 Å². The molecule has 0 aromatic heterocycles. The number of ether oxygens (including phenoxy) is 1. The second-order valence-electron chi connectivity index (χ2n) is 4.94. The van der Waals surface area contributed by atoms with Crippen LogP contribution in [0.15, 0.2) is 48.5 Å². The molecular formula is C17H17F2NO3. The molecule has 2 aromatic carbocycles. The second kappa shape index (κ2) is 8.24. The number of alkyl carbamates (subject to hydrolysis) is 1. The Bertz CT molecular complexity index is 650. The van der Waals surface area contributed by atoms with Crippen LogP contribution in [0.1, 0.15) is 23.6 Å².